The first-order valence-electron chi connectivity index (χ1n) is 6.84. The van der Waals surface area contributed by atoms with Crippen molar-refractivity contribution in [3.63, 3.8) is 0 Å². The van der Waals surface area contributed by atoms with Crippen LogP contribution in [0, 0.1) is 11.8 Å². The first-order chi connectivity index (χ1) is 9.15. The summed E-state index contributed by atoms with van der Waals surface area (Å²) in [4.78, 5) is 11.9. The molecule has 0 unspecified atom stereocenters. The molecule has 1 heterocycles. The molecule has 1 aliphatic carbocycles. The van der Waals surface area contributed by atoms with Crippen molar-refractivity contribution >= 4 is 11.6 Å². The van der Waals surface area contributed by atoms with Crippen LogP contribution >= 0.6 is 0 Å². The molecule has 0 radical (unpaired) electrons. The zero-order chi connectivity index (χ0) is 15.1. The summed E-state index contributed by atoms with van der Waals surface area (Å²) in [5, 5.41) is 14.0. The summed E-state index contributed by atoms with van der Waals surface area (Å²) in [6.07, 6.45) is -3.36. The van der Waals surface area contributed by atoms with Crippen LogP contribution in [0.5, 0.6) is 0 Å². The van der Waals surface area contributed by atoms with E-state index in [4.69, 9.17) is 0 Å². The minimum atomic E-state index is -4.90. The minimum absolute atomic E-state index is 0.243. The summed E-state index contributed by atoms with van der Waals surface area (Å²) in [5.74, 6) is -0.814. The van der Waals surface area contributed by atoms with Crippen LogP contribution < -0.4 is 0 Å². The van der Waals surface area contributed by atoms with Gasteiger partial charge >= 0.3 is 6.18 Å². The van der Waals surface area contributed by atoms with Gasteiger partial charge in [-0.2, -0.15) is 23.3 Å². The third-order valence-electron chi connectivity index (χ3n) is 3.64. The summed E-state index contributed by atoms with van der Waals surface area (Å²) in [6.45, 7) is 3.91. The second-order valence-corrected chi connectivity index (χ2v) is 6.01. The van der Waals surface area contributed by atoms with E-state index in [1.807, 2.05) is 13.8 Å². The Morgan fingerprint density at radius 1 is 1.50 bits per heavy atom. The van der Waals surface area contributed by atoms with Crippen LogP contribution in [0.4, 0.5) is 13.2 Å². The lowest BCUT2D eigenvalue weighted by Crippen LogP contribution is -2.57. The lowest BCUT2D eigenvalue weighted by atomic mass is 9.99. The van der Waals surface area contributed by atoms with Gasteiger partial charge in [0, 0.05) is 18.1 Å². The van der Waals surface area contributed by atoms with Gasteiger partial charge in [-0.15, -0.1) is 0 Å². The van der Waals surface area contributed by atoms with Gasteiger partial charge in [0.1, 0.15) is 0 Å². The molecule has 7 heteroatoms. The van der Waals surface area contributed by atoms with E-state index in [1.165, 1.54) is 0 Å². The molecule has 4 nitrogen and oxygen atoms in total. The Morgan fingerprint density at radius 2 is 2.10 bits per heavy atom. The number of halogens is 3. The van der Waals surface area contributed by atoms with E-state index in [0.29, 0.717) is 31.6 Å². The standard InChI is InChI=1S/C13H19F3N2O2/c1-8(2)3-6-10-7-12(20,13(14,15)16)18(17-10)11(19)9-4-5-9/h8-9,20H,3-7H2,1-2H3/t12-/m0/s1. The highest BCUT2D eigenvalue weighted by molar-refractivity contribution is 5.91. The van der Waals surface area contributed by atoms with Crippen molar-refractivity contribution in [2.45, 2.75) is 57.9 Å². The van der Waals surface area contributed by atoms with E-state index >= 15 is 0 Å². The van der Waals surface area contributed by atoms with Gasteiger partial charge in [-0.05, 0) is 31.6 Å². The Balaban J connectivity index is 2.18. The summed E-state index contributed by atoms with van der Waals surface area (Å²) >= 11 is 0. The Kier molecular flexibility index (Phi) is 3.83. The number of hydrogen-bond acceptors (Lipinski definition) is 3. The summed E-state index contributed by atoms with van der Waals surface area (Å²) in [5.41, 5.74) is -2.92. The van der Waals surface area contributed by atoms with Crippen molar-refractivity contribution in [3.8, 4) is 0 Å². The molecule has 2 rings (SSSR count). The normalized spacial score (nSPS) is 27.1. The van der Waals surface area contributed by atoms with Gasteiger partial charge < -0.3 is 5.11 Å². The molecule has 0 aromatic carbocycles. The first-order valence-corrected chi connectivity index (χ1v) is 6.84. The maximum absolute atomic E-state index is 13.1. The first kappa shape index (κ1) is 15.3. The van der Waals surface area contributed by atoms with E-state index in [9.17, 15) is 23.1 Å². The average molecular weight is 292 g/mol. The minimum Gasteiger partial charge on any atom is -0.362 e. The van der Waals surface area contributed by atoms with Crippen molar-refractivity contribution in [2.24, 2.45) is 16.9 Å². The highest BCUT2D eigenvalue weighted by Gasteiger charge is 2.64. The fourth-order valence-corrected chi connectivity index (χ4v) is 2.17. The number of carbonyl (C=O) groups excluding carboxylic acids is 1. The largest absolute Gasteiger partial charge is 0.438 e. The predicted molar refractivity (Wildman–Crippen MR) is 66.7 cm³/mol. The molecule has 1 saturated carbocycles. The molecule has 1 amide bonds. The third-order valence-corrected chi connectivity index (χ3v) is 3.64. The Labute approximate surface area is 115 Å². The van der Waals surface area contributed by atoms with Crippen LogP contribution in [-0.2, 0) is 4.79 Å². The molecule has 1 fully saturated rings. The number of alkyl halides is 3. The molecule has 1 atom stereocenters. The van der Waals surface area contributed by atoms with Crippen LogP contribution in [0.25, 0.3) is 0 Å². The summed E-state index contributed by atoms with van der Waals surface area (Å²) < 4.78 is 39.3. The molecule has 0 spiro atoms. The summed E-state index contributed by atoms with van der Waals surface area (Å²) in [6, 6.07) is 0. The van der Waals surface area contributed by atoms with Crippen LogP contribution in [0.3, 0.4) is 0 Å². The lowest BCUT2D eigenvalue weighted by Gasteiger charge is -2.32. The van der Waals surface area contributed by atoms with E-state index in [2.05, 4.69) is 5.10 Å². The third kappa shape index (κ3) is 2.82. The van der Waals surface area contributed by atoms with E-state index in [0.717, 1.165) is 0 Å². The van der Waals surface area contributed by atoms with Crippen LogP contribution in [-0.4, -0.2) is 33.6 Å². The van der Waals surface area contributed by atoms with Gasteiger partial charge in [0.05, 0.1) is 0 Å². The highest BCUT2D eigenvalue weighted by atomic mass is 19.4. The second-order valence-electron chi connectivity index (χ2n) is 6.01. The van der Waals surface area contributed by atoms with E-state index in [1.54, 1.807) is 0 Å². The second kappa shape index (κ2) is 5.02. The molecule has 114 valence electrons. The molecule has 0 aromatic heterocycles. The predicted octanol–water partition coefficient (Wildman–Crippen LogP) is 2.67. The van der Waals surface area contributed by atoms with Crippen molar-refractivity contribution in [1.29, 1.82) is 0 Å². The fraction of sp³-hybridized carbons (Fsp3) is 0.846. The summed E-state index contributed by atoms with van der Waals surface area (Å²) in [7, 11) is 0. The Hall–Kier alpha value is -1.11. The van der Waals surface area contributed by atoms with E-state index < -0.39 is 30.1 Å². The number of nitrogens with zero attached hydrogens (tertiary/aromatic N) is 2. The topological polar surface area (TPSA) is 52.9 Å². The maximum Gasteiger partial charge on any atom is 0.438 e. The van der Waals surface area contributed by atoms with Crippen LogP contribution in [0.1, 0.15) is 46.0 Å². The van der Waals surface area contributed by atoms with Gasteiger partial charge in [-0.1, -0.05) is 13.8 Å². The van der Waals surface area contributed by atoms with Gasteiger partial charge in [-0.3, -0.25) is 4.79 Å². The zero-order valence-corrected chi connectivity index (χ0v) is 11.6. The molecule has 0 aromatic rings. The average Bonchev–Trinajstić information content (AvgIpc) is 3.09. The molecule has 0 saturated heterocycles. The number of aliphatic hydroxyl groups is 1. The van der Waals surface area contributed by atoms with Gasteiger partial charge in [0.15, 0.2) is 0 Å². The number of amides is 1. The van der Waals surface area contributed by atoms with Gasteiger partial charge in [0.25, 0.3) is 5.72 Å². The fourth-order valence-electron chi connectivity index (χ4n) is 2.17. The van der Waals surface area contributed by atoms with Crippen molar-refractivity contribution in [1.82, 2.24) is 5.01 Å². The van der Waals surface area contributed by atoms with Gasteiger partial charge in [0.2, 0.25) is 5.91 Å². The lowest BCUT2D eigenvalue weighted by molar-refractivity contribution is -0.302. The molecule has 0 bridgehead atoms. The van der Waals surface area contributed by atoms with Gasteiger partial charge in [-0.25, -0.2) is 0 Å². The number of carbonyl (C=O) groups is 1. The number of hydrogen-bond donors (Lipinski definition) is 1. The smallest absolute Gasteiger partial charge is 0.362 e. The number of rotatable bonds is 4. The van der Waals surface area contributed by atoms with Crippen molar-refractivity contribution in [3.05, 3.63) is 0 Å². The van der Waals surface area contributed by atoms with Crippen LogP contribution in [0.2, 0.25) is 0 Å². The molecular formula is C13H19F3N2O2. The molecule has 20 heavy (non-hydrogen) atoms. The number of hydrazone groups is 1. The molecule has 2 aliphatic rings. The molecular weight excluding hydrogens is 273 g/mol. The van der Waals surface area contributed by atoms with Crippen molar-refractivity contribution < 1.29 is 23.1 Å². The Bertz CT molecular complexity index is 430. The highest BCUT2D eigenvalue weighted by Crippen LogP contribution is 2.44. The quantitative estimate of drug-likeness (QED) is 0.866. The molecule has 1 N–H and O–H groups in total. The van der Waals surface area contributed by atoms with Crippen molar-refractivity contribution in [2.75, 3.05) is 0 Å². The molecule has 1 aliphatic heterocycles. The van der Waals surface area contributed by atoms with E-state index in [-0.39, 0.29) is 10.7 Å². The Morgan fingerprint density at radius 3 is 2.55 bits per heavy atom. The zero-order valence-electron chi connectivity index (χ0n) is 11.6. The SMILES string of the molecule is CC(C)CCC1=NN(C(=O)C2CC2)[C@@](O)(C(F)(F)F)C1. The monoisotopic (exact) mass is 292 g/mol. The van der Waals surface area contributed by atoms with Crippen LogP contribution in [0.15, 0.2) is 5.10 Å². The maximum atomic E-state index is 13.1.